The number of hydrogen-bond acceptors (Lipinski definition) is 6. The van der Waals surface area contributed by atoms with Crippen molar-refractivity contribution in [2.75, 3.05) is 11.9 Å². The van der Waals surface area contributed by atoms with Gasteiger partial charge in [0.1, 0.15) is 29.7 Å². The van der Waals surface area contributed by atoms with Gasteiger partial charge in [0.2, 0.25) is 0 Å². The molecule has 1 aliphatic carbocycles. The van der Waals surface area contributed by atoms with Gasteiger partial charge in [0.25, 0.3) is 0 Å². The molecule has 0 radical (unpaired) electrons. The molecule has 2 heterocycles. The second-order valence-electron chi connectivity index (χ2n) is 6.75. The summed E-state index contributed by atoms with van der Waals surface area (Å²) in [5, 5.41) is 13.1. The van der Waals surface area contributed by atoms with Crippen LogP contribution in [0.25, 0.3) is 10.2 Å². The van der Waals surface area contributed by atoms with Crippen LogP contribution in [0.4, 0.5) is 10.2 Å². The van der Waals surface area contributed by atoms with Gasteiger partial charge in [0.15, 0.2) is 5.82 Å². The van der Waals surface area contributed by atoms with Gasteiger partial charge < -0.3 is 15.2 Å². The molecule has 0 atom stereocenters. The first-order chi connectivity index (χ1) is 13.6. The van der Waals surface area contributed by atoms with Crippen molar-refractivity contribution < 1.29 is 19.0 Å². The summed E-state index contributed by atoms with van der Waals surface area (Å²) < 4.78 is 18.6. The van der Waals surface area contributed by atoms with Crippen molar-refractivity contribution in [1.29, 1.82) is 0 Å². The Hall–Kier alpha value is -2.58. The summed E-state index contributed by atoms with van der Waals surface area (Å²) in [7, 11) is 0. The van der Waals surface area contributed by atoms with Crippen molar-refractivity contribution in [2.45, 2.75) is 38.8 Å². The number of carbonyl (C=O) groups is 1. The highest BCUT2D eigenvalue weighted by Gasteiger charge is 2.21. The SMILES string of the molecule is O=C(O)COCc1nc(NCc2cccc(F)c2)c2c3c(sc2n1)CCCC3. The topological polar surface area (TPSA) is 84.3 Å². The zero-order valence-electron chi connectivity index (χ0n) is 15.2. The summed E-state index contributed by atoms with van der Waals surface area (Å²) >= 11 is 1.67. The number of fused-ring (bicyclic) bond motifs is 3. The van der Waals surface area contributed by atoms with Gasteiger partial charge in [-0.2, -0.15) is 0 Å². The smallest absolute Gasteiger partial charge is 0.329 e. The third kappa shape index (κ3) is 4.13. The number of hydrogen-bond donors (Lipinski definition) is 2. The maximum absolute atomic E-state index is 13.5. The molecule has 0 bridgehead atoms. The number of aromatic nitrogens is 2. The number of rotatable bonds is 7. The molecule has 3 aromatic rings. The summed E-state index contributed by atoms with van der Waals surface area (Å²) in [5.74, 6) is -0.170. The lowest BCUT2D eigenvalue weighted by Gasteiger charge is -2.13. The number of nitrogens with zero attached hydrogens (tertiary/aromatic N) is 2. The monoisotopic (exact) mass is 401 g/mol. The average molecular weight is 401 g/mol. The van der Waals surface area contributed by atoms with Gasteiger partial charge in [-0.1, -0.05) is 12.1 Å². The molecule has 0 unspecified atom stereocenters. The van der Waals surface area contributed by atoms with E-state index in [-0.39, 0.29) is 12.4 Å². The quantitative estimate of drug-likeness (QED) is 0.624. The van der Waals surface area contributed by atoms with Crippen LogP contribution in [0.15, 0.2) is 24.3 Å². The van der Waals surface area contributed by atoms with E-state index in [1.54, 1.807) is 17.4 Å². The Kier molecular flexibility index (Phi) is 5.50. The molecule has 28 heavy (non-hydrogen) atoms. The molecule has 0 amide bonds. The van der Waals surface area contributed by atoms with E-state index >= 15 is 0 Å². The minimum absolute atomic E-state index is 0.0272. The molecular weight excluding hydrogens is 381 g/mol. The van der Waals surface area contributed by atoms with E-state index in [0.29, 0.717) is 18.2 Å². The Balaban J connectivity index is 1.66. The van der Waals surface area contributed by atoms with E-state index < -0.39 is 12.6 Å². The fraction of sp³-hybridized carbons (Fsp3) is 0.350. The lowest BCUT2D eigenvalue weighted by atomic mass is 9.97. The standard InChI is InChI=1S/C20H20FN3O3S/c21-13-5-3-4-12(8-13)9-22-19-18-14-6-1-2-7-15(14)28-20(18)24-16(23-19)10-27-11-17(25)26/h3-5,8H,1-2,6-7,9-11H2,(H,25,26)(H,22,23,24). The van der Waals surface area contributed by atoms with E-state index in [1.165, 1.54) is 29.0 Å². The highest BCUT2D eigenvalue weighted by molar-refractivity contribution is 7.19. The molecule has 0 spiro atoms. The van der Waals surface area contributed by atoms with Crippen LogP contribution in [0.3, 0.4) is 0 Å². The third-order valence-electron chi connectivity index (χ3n) is 4.67. The van der Waals surface area contributed by atoms with Gasteiger partial charge >= 0.3 is 5.97 Å². The van der Waals surface area contributed by atoms with E-state index in [4.69, 9.17) is 9.84 Å². The largest absolute Gasteiger partial charge is 0.480 e. The van der Waals surface area contributed by atoms with Crippen molar-refractivity contribution in [3.63, 3.8) is 0 Å². The Morgan fingerprint density at radius 1 is 1.29 bits per heavy atom. The Morgan fingerprint density at radius 2 is 2.14 bits per heavy atom. The summed E-state index contributed by atoms with van der Waals surface area (Å²) in [5.41, 5.74) is 2.12. The van der Waals surface area contributed by atoms with Crippen LogP contribution in [0.1, 0.15) is 34.7 Å². The lowest BCUT2D eigenvalue weighted by molar-refractivity contribution is -0.142. The first-order valence-electron chi connectivity index (χ1n) is 9.19. The van der Waals surface area contributed by atoms with Crippen molar-refractivity contribution in [3.05, 3.63) is 51.9 Å². The molecule has 0 saturated carbocycles. The molecular formula is C20H20FN3O3S. The minimum atomic E-state index is -1.03. The van der Waals surface area contributed by atoms with Gasteiger partial charge in [0.05, 0.1) is 5.39 Å². The van der Waals surface area contributed by atoms with Crippen molar-refractivity contribution in [2.24, 2.45) is 0 Å². The summed E-state index contributed by atoms with van der Waals surface area (Å²) in [6.45, 7) is 0.0672. The van der Waals surface area contributed by atoms with Crippen molar-refractivity contribution >= 4 is 33.3 Å². The number of nitrogens with one attached hydrogen (secondary N) is 1. The average Bonchev–Trinajstić information content (AvgIpc) is 3.04. The first-order valence-corrected chi connectivity index (χ1v) is 10.0. The number of thiophene rings is 1. The van der Waals surface area contributed by atoms with Crippen LogP contribution in [0, 0.1) is 5.82 Å². The van der Waals surface area contributed by atoms with Crippen molar-refractivity contribution in [1.82, 2.24) is 9.97 Å². The number of carboxylic acids is 1. The fourth-order valence-corrected chi connectivity index (χ4v) is 4.74. The lowest BCUT2D eigenvalue weighted by Crippen LogP contribution is -2.10. The van der Waals surface area contributed by atoms with Crippen molar-refractivity contribution in [3.8, 4) is 0 Å². The Bertz CT molecular complexity index is 1020. The van der Waals surface area contributed by atoms with Gasteiger partial charge in [-0.05, 0) is 48.9 Å². The molecule has 0 fully saturated rings. The summed E-state index contributed by atoms with van der Waals surface area (Å²) in [6, 6.07) is 6.44. The predicted octanol–water partition coefficient (Wildman–Crippen LogP) is 3.92. The molecule has 0 saturated heterocycles. The van der Waals surface area contributed by atoms with Gasteiger partial charge in [-0.3, -0.25) is 0 Å². The number of benzene rings is 1. The molecule has 2 N–H and O–H groups in total. The summed E-state index contributed by atoms with van der Waals surface area (Å²) in [6.07, 6.45) is 4.37. The minimum Gasteiger partial charge on any atom is -0.480 e. The zero-order chi connectivity index (χ0) is 19.5. The highest BCUT2D eigenvalue weighted by Crippen LogP contribution is 2.38. The van der Waals surface area contributed by atoms with Crippen LogP contribution < -0.4 is 5.32 Å². The number of anilines is 1. The molecule has 6 nitrogen and oxygen atoms in total. The maximum atomic E-state index is 13.5. The van der Waals surface area contributed by atoms with Crippen LogP contribution in [-0.2, 0) is 35.5 Å². The van der Waals surface area contributed by atoms with Gasteiger partial charge in [-0.15, -0.1) is 11.3 Å². The van der Waals surface area contributed by atoms with E-state index in [9.17, 15) is 9.18 Å². The zero-order valence-corrected chi connectivity index (χ0v) is 16.0. The van der Waals surface area contributed by atoms with E-state index in [2.05, 4.69) is 15.3 Å². The van der Waals surface area contributed by atoms with Gasteiger partial charge in [0, 0.05) is 11.4 Å². The van der Waals surface area contributed by atoms with Crippen LogP contribution in [0.2, 0.25) is 0 Å². The number of carboxylic acid groups (broad SMARTS) is 1. The number of halogens is 1. The second kappa shape index (κ2) is 8.20. The molecule has 0 aliphatic heterocycles. The van der Waals surface area contributed by atoms with Crippen LogP contribution in [0.5, 0.6) is 0 Å². The molecule has 4 rings (SSSR count). The molecule has 2 aromatic heterocycles. The first kappa shape index (κ1) is 18.8. The number of aryl methyl sites for hydroxylation is 2. The predicted molar refractivity (Wildman–Crippen MR) is 105 cm³/mol. The second-order valence-corrected chi connectivity index (χ2v) is 7.83. The summed E-state index contributed by atoms with van der Waals surface area (Å²) in [4.78, 5) is 22.1. The molecule has 1 aliphatic rings. The fourth-order valence-electron chi connectivity index (χ4n) is 3.46. The highest BCUT2D eigenvalue weighted by atomic mass is 32.1. The van der Waals surface area contributed by atoms with E-state index in [0.717, 1.165) is 35.0 Å². The number of aliphatic carboxylic acids is 1. The Morgan fingerprint density at radius 3 is 2.96 bits per heavy atom. The number of ether oxygens (including phenoxy) is 1. The Labute approximate surface area is 165 Å². The molecule has 146 valence electrons. The van der Waals surface area contributed by atoms with Crippen LogP contribution >= 0.6 is 11.3 Å². The van der Waals surface area contributed by atoms with Gasteiger partial charge in [-0.25, -0.2) is 19.2 Å². The molecule has 1 aromatic carbocycles. The van der Waals surface area contributed by atoms with Crippen LogP contribution in [-0.4, -0.2) is 27.7 Å². The normalized spacial score (nSPS) is 13.5. The van der Waals surface area contributed by atoms with E-state index in [1.807, 2.05) is 6.07 Å². The maximum Gasteiger partial charge on any atom is 0.329 e. The third-order valence-corrected chi connectivity index (χ3v) is 5.85. The molecule has 8 heteroatoms.